The van der Waals surface area contributed by atoms with E-state index in [0.29, 0.717) is 18.0 Å². The summed E-state index contributed by atoms with van der Waals surface area (Å²) in [6, 6.07) is 22.8. The van der Waals surface area contributed by atoms with Crippen LogP contribution < -0.4 is 15.8 Å². The van der Waals surface area contributed by atoms with Crippen LogP contribution in [0.25, 0.3) is 0 Å². The molecule has 1 heterocycles. The molecule has 0 bridgehead atoms. The van der Waals surface area contributed by atoms with Crippen LogP contribution in [0.15, 0.2) is 72.8 Å². The van der Waals surface area contributed by atoms with Crippen LogP contribution in [0.5, 0.6) is 5.75 Å². The molecule has 5 rings (SSSR count). The van der Waals surface area contributed by atoms with E-state index in [1.165, 1.54) is 12.8 Å². The summed E-state index contributed by atoms with van der Waals surface area (Å²) in [5, 5.41) is 13.5. The molecule has 0 spiro atoms. The van der Waals surface area contributed by atoms with Crippen LogP contribution >= 0.6 is 0 Å². The van der Waals surface area contributed by atoms with Gasteiger partial charge in [-0.25, -0.2) is 0 Å². The zero-order valence-corrected chi connectivity index (χ0v) is 24.3. The molecule has 3 aromatic carbocycles. The molecule has 1 aliphatic heterocycles. The standard InChI is InChI=1S/C34H42N4O4/c35-31-14-11-27(22-32(31)42-25-36-29-7-2-1-3-8-29)23-33(40)38(20-6-19-37-17-4-5-18-37)24-30(39)21-26-9-12-28(13-10-26)34(41)15-16-34/h1-3,7-14,22,36,41H,4-6,15-21,23-25,35H2. The molecule has 1 aliphatic carbocycles. The second kappa shape index (κ2) is 13.9. The van der Waals surface area contributed by atoms with Gasteiger partial charge in [0, 0.05) is 18.7 Å². The normalized spacial score (nSPS) is 15.7. The molecule has 2 aliphatic rings. The van der Waals surface area contributed by atoms with Crippen molar-refractivity contribution in [2.45, 2.75) is 50.5 Å². The van der Waals surface area contributed by atoms with Crippen molar-refractivity contribution in [1.29, 1.82) is 0 Å². The molecule has 0 radical (unpaired) electrons. The highest BCUT2D eigenvalue weighted by molar-refractivity contribution is 5.88. The van der Waals surface area contributed by atoms with Crippen molar-refractivity contribution in [2.24, 2.45) is 0 Å². The number of benzene rings is 3. The first-order valence-corrected chi connectivity index (χ1v) is 15.0. The van der Waals surface area contributed by atoms with Crippen molar-refractivity contribution in [1.82, 2.24) is 9.80 Å². The van der Waals surface area contributed by atoms with Gasteiger partial charge in [0.05, 0.1) is 24.3 Å². The molecule has 2 fully saturated rings. The number of nitrogens with two attached hydrogens (primary N) is 1. The van der Waals surface area contributed by atoms with Crippen LogP contribution in [0.1, 0.15) is 48.8 Å². The van der Waals surface area contributed by atoms with E-state index in [-0.39, 0.29) is 37.8 Å². The highest BCUT2D eigenvalue weighted by Gasteiger charge is 2.41. The molecule has 1 saturated carbocycles. The van der Waals surface area contributed by atoms with Gasteiger partial charge >= 0.3 is 0 Å². The second-order valence-electron chi connectivity index (χ2n) is 11.5. The number of nitrogen functional groups attached to an aromatic ring is 1. The number of nitrogens with one attached hydrogen (secondary N) is 1. The number of hydrogen-bond acceptors (Lipinski definition) is 7. The minimum Gasteiger partial charge on any atom is -0.471 e. The van der Waals surface area contributed by atoms with Gasteiger partial charge in [0.15, 0.2) is 12.5 Å². The SMILES string of the molecule is Nc1ccc(CC(=O)N(CCCN2CCCC2)CC(=O)Cc2ccc(C3(O)CC3)cc2)cc1OCNc1ccccc1. The lowest BCUT2D eigenvalue weighted by Gasteiger charge is -2.24. The van der Waals surface area contributed by atoms with Gasteiger partial charge < -0.3 is 30.7 Å². The third kappa shape index (κ3) is 8.33. The fraction of sp³-hybridized carbons (Fsp3) is 0.412. The van der Waals surface area contributed by atoms with E-state index in [1.807, 2.05) is 60.7 Å². The van der Waals surface area contributed by atoms with E-state index in [0.717, 1.165) is 61.3 Å². The Morgan fingerprint density at radius 2 is 1.67 bits per heavy atom. The van der Waals surface area contributed by atoms with E-state index in [1.54, 1.807) is 17.0 Å². The Kier molecular flexibility index (Phi) is 9.77. The fourth-order valence-electron chi connectivity index (χ4n) is 5.47. The summed E-state index contributed by atoms with van der Waals surface area (Å²) in [6.45, 7) is 3.98. The number of carbonyl (C=O) groups excluding carboxylic acids is 2. The maximum absolute atomic E-state index is 13.5. The van der Waals surface area contributed by atoms with Gasteiger partial charge in [-0.1, -0.05) is 48.5 Å². The van der Waals surface area contributed by atoms with E-state index >= 15 is 0 Å². The molecule has 8 nitrogen and oxygen atoms in total. The van der Waals surface area contributed by atoms with Crippen molar-refractivity contribution in [3.63, 3.8) is 0 Å². The van der Waals surface area contributed by atoms with Crippen LogP contribution in [-0.2, 0) is 28.0 Å². The minimum absolute atomic E-state index is 0.00396. The first kappa shape index (κ1) is 29.6. The summed E-state index contributed by atoms with van der Waals surface area (Å²) in [5.41, 5.74) is 9.48. The van der Waals surface area contributed by atoms with Gasteiger partial charge in [0.2, 0.25) is 5.91 Å². The summed E-state index contributed by atoms with van der Waals surface area (Å²) in [6.07, 6.45) is 5.25. The smallest absolute Gasteiger partial charge is 0.227 e. The van der Waals surface area contributed by atoms with Crippen LogP contribution in [0, 0.1) is 0 Å². The number of ketones is 1. The number of Topliss-reactive ketones (excluding diaryl/α,β-unsaturated/α-hetero) is 1. The summed E-state index contributed by atoms with van der Waals surface area (Å²) >= 11 is 0. The lowest BCUT2D eigenvalue weighted by molar-refractivity contribution is -0.134. The summed E-state index contributed by atoms with van der Waals surface area (Å²) < 4.78 is 5.87. The first-order valence-electron chi connectivity index (χ1n) is 15.0. The third-order valence-corrected chi connectivity index (χ3v) is 8.15. The van der Waals surface area contributed by atoms with E-state index < -0.39 is 5.60 Å². The zero-order chi connectivity index (χ0) is 29.4. The molecule has 4 N–H and O–H groups in total. The molecular formula is C34H42N4O4. The molecule has 0 aromatic heterocycles. The summed E-state index contributed by atoms with van der Waals surface area (Å²) in [4.78, 5) is 30.8. The molecular weight excluding hydrogens is 528 g/mol. The maximum Gasteiger partial charge on any atom is 0.227 e. The number of anilines is 2. The summed E-state index contributed by atoms with van der Waals surface area (Å²) in [7, 11) is 0. The van der Waals surface area contributed by atoms with E-state index in [2.05, 4.69) is 10.2 Å². The first-order chi connectivity index (χ1) is 20.4. The number of nitrogens with zero attached hydrogens (tertiary/aromatic N) is 2. The Labute approximate surface area is 248 Å². The number of ether oxygens (including phenoxy) is 1. The average molecular weight is 571 g/mol. The Balaban J connectivity index is 1.19. The van der Waals surface area contributed by atoms with Crippen LogP contribution in [0.3, 0.4) is 0 Å². The predicted molar refractivity (Wildman–Crippen MR) is 165 cm³/mol. The van der Waals surface area contributed by atoms with E-state index in [9.17, 15) is 14.7 Å². The Morgan fingerprint density at radius 3 is 2.38 bits per heavy atom. The number of likely N-dealkylation sites (tertiary alicyclic amines) is 1. The van der Waals surface area contributed by atoms with Crippen molar-refractivity contribution in [3.8, 4) is 5.75 Å². The zero-order valence-electron chi connectivity index (χ0n) is 24.3. The lowest BCUT2D eigenvalue weighted by atomic mass is 10.0. The monoisotopic (exact) mass is 570 g/mol. The Morgan fingerprint density at radius 1 is 0.952 bits per heavy atom. The van der Waals surface area contributed by atoms with Crippen LogP contribution in [0.2, 0.25) is 0 Å². The van der Waals surface area contributed by atoms with Gasteiger partial charge in [-0.3, -0.25) is 9.59 Å². The van der Waals surface area contributed by atoms with Crippen molar-refractivity contribution in [2.75, 3.05) is 50.5 Å². The van der Waals surface area contributed by atoms with Gasteiger partial charge in [-0.05, 0) is 92.7 Å². The van der Waals surface area contributed by atoms with Crippen LogP contribution in [-0.4, -0.2) is 66.1 Å². The lowest BCUT2D eigenvalue weighted by Crippen LogP contribution is -2.39. The van der Waals surface area contributed by atoms with Crippen molar-refractivity contribution >= 4 is 23.1 Å². The molecule has 0 atom stereocenters. The largest absolute Gasteiger partial charge is 0.471 e. The third-order valence-electron chi connectivity index (χ3n) is 8.15. The highest BCUT2D eigenvalue weighted by atomic mass is 16.5. The van der Waals surface area contributed by atoms with Gasteiger partial charge in [0.1, 0.15) is 5.75 Å². The van der Waals surface area contributed by atoms with Crippen LogP contribution in [0.4, 0.5) is 11.4 Å². The molecule has 1 amide bonds. The molecule has 1 saturated heterocycles. The highest BCUT2D eigenvalue weighted by Crippen LogP contribution is 2.45. The van der Waals surface area contributed by atoms with E-state index in [4.69, 9.17) is 10.5 Å². The van der Waals surface area contributed by atoms with Gasteiger partial charge in [0.25, 0.3) is 0 Å². The van der Waals surface area contributed by atoms with Crippen molar-refractivity contribution < 1.29 is 19.4 Å². The van der Waals surface area contributed by atoms with Gasteiger partial charge in [-0.15, -0.1) is 0 Å². The number of hydrogen-bond donors (Lipinski definition) is 3. The average Bonchev–Trinajstić information content (AvgIpc) is 3.52. The minimum atomic E-state index is -0.688. The maximum atomic E-state index is 13.5. The number of carbonyl (C=O) groups is 2. The predicted octanol–water partition coefficient (Wildman–Crippen LogP) is 4.37. The number of amides is 1. The molecule has 222 valence electrons. The second-order valence-corrected chi connectivity index (χ2v) is 11.5. The number of rotatable bonds is 15. The number of para-hydroxylation sites is 1. The molecule has 0 unspecified atom stereocenters. The Bertz CT molecular complexity index is 1340. The summed E-state index contributed by atoms with van der Waals surface area (Å²) in [5.74, 6) is 0.421. The fourth-order valence-corrected chi connectivity index (χ4v) is 5.47. The topological polar surface area (TPSA) is 108 Å². The van der Waals surface area contributed by atoms with Gasteiger partial charge in [-0.2, -0.15) is 0 Å². The Hall–Kier alpha value is -3.88. The molecule has 8 heteroatoms. The molecule has 3 aromatic rings. The quantitative estimate of drug-likeness (QED) is 0.184. The van der Waals surface area contributed by atoms with Crippen molar-refractivity contribution in [3.05, 3.63) is 89.5 Å². The molecule has 42 heavy (non-hydrogen) atoms. The number of aliphatic hydroxyl groups is 1.